The Labute approximate surface area is 263 Å². The van der Waals surface area contributed by atoms with Crippen LogP contribution in [0.2, 0.25) is 0 Å². The van der Waals surface area contributed by atoms with E-state index < -0.39 is 0 Å². The zero-order valence-corrected chi connectivity index (χ0v) is 30.3. The lowest BCUT2D eigenvalue weighted by Crippen LogP contribution is -2.51. The number of nitrogens with two attached hydrogens (primary N) is 2. The molecule has 0 aromatic heterocycles. The zero-order valence-electron chi connectivity index (χ0n) is 25.7. The predicted molar refractivity (Wildman–Crippen MR) is 187 cm³/mol. The van der Waals surface area contributed by atoms with Crippen molar-refractivity contribution in [3.63, 3.8) is 0 Å². The van der Waals surface area contributed by atoms with E-state index in [-0.39, 0.29) is 64.9 Å². The molecular formula is C32H70I2N2. The topological polar surface area (TPSA) is 52.0 Å². The first kappa shape index (κ1) is 41.9. The van der Waals surface area contributed by atoms with Crippen molar-refractivity contribution in [2.75, 3.05) is 0 Å². The van der Waals surface area contributed by atoms with Gasteiger partial charge in [-0.1, -0.05) is 170 Å². The zero-order chi connectivity index (χ0) is 25.7. The van der Waals surface area contributed by atoms with E-state index in [0.29, 0.717) is 5.92 Å². The smallest absolute Gasteiger partial charge is 0.0555 e. The van der Waals surface area contributed by atoms with Gasteiger partial charge in [-0.3, -0.25) is 0 Å². The third kappa shape index (κ3) is 20.3. The quantitative estimate of drug-likeness (QED) is 0.0589. The summed E-state index contributed by atoms with van der Waals surface area (Å²) in [7, 11) is 0. The Morgan fingerprint density at radius 1 is 0.472 bits per heavy atom. The minimum atomic E-state index is -0.203. The molecule has 2 atom stereocenters. The highest BCUT2D eigenvalue weighted by Crippen LogP contribution is 2.50. The first-order valence-electron chi connectivity index (χ1n) is 15.7. The second-order valence-corrected chi connectivity index (χ2v) is 12.8. The SMILES string of the molecule is CCCCCCCCCCCCC(C(N)N)C(C)(CCCCCCCCCCCC)C(C)(C)C.I.I. The Morgan fingerprint density at radius 2 is 0.778 bits per heavy atom. The summed E-state index contributed by atoms with van der Waals surface area (Å²) in [5.74, 6) is 0.417. The summed E-state index contributed by atoms with van der Waals surface area (Å²) in [6, 6.07) is 0. The van der Waals surface area contributed by atoms with Gasteiger partial charge in [0.25, 0.3) is 0 Å². The molecule has 2 unspecified atom stereocenters. The molecule has 0 fully saturated rings. The van der Waals surface area contributed by atoms with Gasteiger partial charge >= 0.3 is 0 Å². The van der Waals surface area contributed by atoms with Gasteiger partial charge in [0.15, 0.2) is 0 Å². The molecule has 36 heavy (non-hydrogen) atoms. The van der Waals surface area contributed by atoms with Gasteiger partial charge in [0.1, 0.15) is 0 Å². The Kier molecular flexibility index (Phi) is 30.9. The number of rotatable bonds is 24. The molecule has 0 amide bonds. The van der Waals surface area contributed by atoms with Crippen LogP contribution in [0.1, 0.15) is 183 Å². The summed E-state index contributed by atoms with van der Waals surface area (Å²) in [6.45, 7) is 14.3. The van der Waals surface area contributed by atoms with Crippen LogP contribution >= 0.6 is 48.0 Å². The van der Waals surface area contributed by atoms with Crippen LogP contribution < -0.4 is 11.5 Å². The van der Waals surface area contributed by atoms with Crippen LogP contribution in [-0.4, -0.2) is 6.17 Å². The molecule has 4 heteroatoms. The summed E-state index contributed by atoms with van der Waals surface area (Å²) in [6.07, 6.45) is 30.1. The molecule has 0 aromatic carbocycles. The van der Waals surface area contributed by atoms with E-state index in [2.05, 4.69) is 41.5 Å². The molecule has 0 saturated carbocycles. The molecule has 0 saturated heterocycles. The number of hydrogen-bond acceptors (Lipinski definition) is 2. The van der Waals surface area contributed by atoms with E-state index in [1.165, 1.54) is 141 Å². The van der Waals surface area contributed by atoms with Gasteiger partial charge in [0.2, 0.25) is 0 Å². The van der Waals surface area contributed by atoms with E-state index in [0.717, 1.165) is 0 Å². The Balaban J connectivity index is -0.00000544. The fraction of sp³-hybridized carbons (Fsp3) is 1.00. The summed E-state index contributed by atoms with van der Waals surface area (Å²) < 4.78 is 0. The van der Waals surface area contributed by atoms with Crippen molar-refractivity contribution in [1.29, 1.82) is 0 Å². The van der Waals surface area contributed by atoms with E-state index in [1.54, 1.807) is 0 Å². The molecule has 0 aliphatic carbocycles. The highest BCUT2D eigenvalue weighted by Gasteiger charge is 2.44. The molecule has 2 nitrogen and oxygen atoms in total. The molecule has 0 radical (unpaired) electrons. The second kappa shape index (κ2) is 26.6. The van der Waals surface area contributed by atoms with E-state index in [1.807, 2.05) is 0 Å². The van der Waals surface area contributed by atoms with Gasteiger partial charge in [-0.05, 0) is 29.6 Å². The molecule has 0 aromatic rings. The van der Waals surface area contributed by atoms with Gasteiger partial charge in [-0.15, -0.1) is 48.0 Å². The van der Waals surface area contributed by atoms with Crippen molar-refractivity contribution in [2.24, 2.45) is 28.2 Å². The van der Waals surface area contributed by atoms with E-state index >= 15 is 0 Å². The monoisotopic (exact) mass is 736 g/mol. The van der Waals surface area contributed by atoms with Gasteiger partial charge < -0.3 is 11.5 Å². The lowest BCUT2D eigenvalue weighted by molar-refractivity contribution is 0.00333. The Bertz CT molecular complexity index is 436. The molecular weight excluding hydrogens is 666 g/mol. The Morgan fingerprint density at radius 3 is 1.08 bits per heavy atom. The predicted octanol–water partition coefficient (Wildman–Crippen LogP) is 11.8. The molecule has 0 spiro atoms. The average Bonchev–Trinajstić information content (AvgIpc) is 2.77. The third-order valence-corrected chi connectivity index (χ3v) is 8.91. The minimum Gasteiger partial charge on any atom is -0.316 e. The van der Waals surface area contributed by atoms with Crippen LogP contribution in [-0.2, 0) is 0 Å². The minimum absolute atomic E-state index is 0. The fourth-order valence-corrected chi connectivity index (χ4v) is 5.88. The van der Waals surface area contributed by atoms with Crippen molar-refractivity contribution in [3.05, 3.63) is 0 Å². The van der Waals surface area contributed by atoms with Crippen LogP contribution in [0.25, 0.3) is 0 Å². The maximum absolute atomic E-state index is 6.44. The maximum atomic E-state index is 6.44. The molecule has 0 aliphatic heterocycles. The highest BCUT2D eigenvalue weighted by atomic mass is 127. The highest BCUT2D eigenvalue weighted by molar-refractivity contribution is 14.0. The number of hydrogen-bond donors (Lipinski definition) is 2. The van der Waals surface area contributed by atoms with Crippen LogP contribution in [0.4, 0.5) is 0 Å². The van der Waals surface area contributed by atoms with Crippen molar-refractivity contribution in [2.45, 2.75) is 189 Å². The van der Waals surface area contributed by atoms with Crippen LogP contribution in [0.15, 0.2) is 0 Å². The molecule has 222 valence electrons. The first-order chi connectivity index (χ1) is 16.2. The Hall–Kier alpha value is 1.38. The van der Waals surface area contributed by atoms with Crippen molar-refractivity contribution < 1.29 is 0 Å². The molecule has 0 rings (SSSR count). The van der Waals surface area contributed by atoms with Crippen LogP contribution in [0.5, 0.6) is 0 Å². The van der Waals surface area contributed by atoms with Crippen molar-refractivity contribution >= 4 is 48.0 Å². The van der Waals surface area contributed by atoms with Crippen molar-refractivity contribution in [3.8, 4) is 0 Å². The summed E-state index contributed by atoms with van der Waals surface area (Å²) in [5, 5.41) is 0. The van der Waals surface area contributed by atoms with Crippen LogP contribution in [0, 0.1) is 16.7 Å². The van der Waals surface area contributed by atoms with E-state index in [4.69, 9.17) is 11.5 Å². The van der Waals surface area contributed by atoms with Gasteiger partial charge in [-0.2, -0.15) is 0 Å². The molecule has 4 N–H and O–H groups in total. The average molecular weight is 737 g/mol. The molecule has 0 heterocycles. The van der Waals surface area contributed by atoms with Gasteiger partial charge in [-0.25, -0.2) is 0 Å². The third-order valence-electron chi connectivity index (χ3n) is 8.91. The standard InChI is InChI=1S/C32H68N2.2HI/c1-7-9-11-13-15-17-19-21-23-25-27-29(30(33)34)32(6,31(3,4)5)28-26-24-22-20-18-16-14-12-10-8-2;;/h29-30H,7-28,33-34H2,1-6H3;2*1H. The summed E-state index contributed by atoms with van der Waals surface area (Å²) in [4.78, 5) is 0. The summed E-state index contributed by atoms with van der Waals surface area (Å²) >= 11 is 0. The van der Waals surface area contributed by atoms with Crippen molar-refractivity contribution in [1.82, 2.24) is 0 Å². The lowest BCUT2D eigenvalue weighted by Gasteiger charge is -2.50. The molecule has 0 aliphatic rings. The largest absolute Gasteiger partial charge is 0.316 e. The van der Waals surface area contributed by atoms with E-state index in [9.17, 15) is 0 Å². The second-order valence-electron chi connectivity index (χ2n) is 12.8. The van der Waals surface area contributed by atoms with Gasteiger partial charge in [0.05, 0.1) is 6.17 Å². The summed E-state index contributed by atoms with van der Waals surface area (Å²) in [5.41, 5.74) is 13.3. The fourth-order valence-electron chi connectivity index (χ4n) is 5.88. The lowest BCUT2D eigenvalue weighted by atomic mass is 9.57. The van der Waals surface area contributed by atoms with Gasteiger partial charge in [0, 0.05) is 0 Å². The number of halogens is 2. The first-order valence-corrected chi connectivity index (χ1v) is 15.7. The molecule has 0 bridgehead atoms. The van der Waals surface area contributed by atoms with Crippen LogP contribution in [0.3, 0.4) is 0 Å². The maximum Gasteiger partial charge on any atom is 0.0555 e. The number of unbranched alkanes of at least 4 members (excludes halogenated alkanes) is 18. The normalized spacial score (nSPS) is 14.2.